The predicted octanol–water partition coefficient (Wildman–Crippen LogP) is 4.51. The summed E-state index contributed by atoms with van der Waals surface area (Å²) in [6, 6.07) is 12.0. The van der Waals surface area contributed by atoms with Crippen molar-refractivity contribution in [2.45, 2.75) is 19.5 Å². The first kappa shape index (κ1) is 18.7. The number of carbonyl (C=O) groups excluding carboxylic acids is 1. The molecule has 1 heterocycles. The van der Waals surface area contributed by atoms with Gasteiger partial charge >= 0.3 is 0 Å². The van der Waals surface area contributed by atoms with E-state index >= 15 is 0 Å². The van der Waals surface area contributed by atoms with Gasteiger partial charge < -0.3 is 14.7 Å². The summed E-state index contributed by atoms with van der Waals surface area (Å²) in [5, 5.41) is 19.9. The molecule has 1 aliphatic rings. The highest BCUT2D eigenvalue weighted by Crippen LogP contribution is 2.41. The maximum atomic E-state index is 14.3. The highest BCUT2D eigenvalue weighted by molar-refractivity contribution is 6.31. The molecule has 0 bridgehead atoms. The van der Waals surface area contributed by atoms with E-state index in [4.69, 9.17) is 16.3 Å². The van der Waals surface area contributed by atoms with Gasteiger partial charge in [-0.2, -0.15) is 5.26 Å². The molecule has 138 valence electrons. The number of carbonyl (C=O) groups is 1. The van der Waals surface area contributed by atoms with Gasteiger partial charge in [0, 0.05) is 16.1 Å². The normalized spacial score (nSPS) is 16.6. The second kappa shape index (κ2) is 7.68. The third-order valence-corrected chi connectivity index (χ3v) is 4.71. The molecule has 27 heavy (non-hydrogen) atoms. The Labute approximate surface area is 160 Å². The molecule has 7 heteroatoms. The van der Waals surface area contributed by atoms with Crippen molar-refractivity contribution < 1.29 is 19.0 Å². The molecule has 0 saturated carbocycles. The number of hydrogen-bond donors (Lipinski definition) is 1. The third kappa shape index (κ3) is 3.34. The number of halogens is 2. The van der Waals surface area contributed by atoms with Crippen molar-refractivity contribution in [3.63, 3.8) is 0 Å². The Morgan fingerprint density at radius 3 is 2.74 bits per heavy atom. The minimum Gasteiger partial charge on any atom is -0.480 e. The Morgan fingerprint density at radius 2 is 2.07 bits per heavy atom. The van der Waals surface area contributed by atoms with Gasteiger partial charge in [-0.05, 0) is 30.7 Å². The number of fused-ring (bicyclic) bond motifs is 1. The Hall–Kier alpha value is -3.04. The average Bonchev–Trinajstić information content (AvgIpc) is 2.92. The first-order valence-electron chi connectivity index (χ1n) is 8.28. The zero-order chi connectivity index (χ0) is 19.6. The molecule has 0 aliphatic carbocycles. The van der Waals surface area contributed by atoms with E-state index in [-0.39, 0.29) is 35.2 Å². The van der Waals surface area contributed by atoms with Gasteiger partial charge in [-0.3, -0.25) is 4.79 Å². The van der Waals surface area contributed by atoms with E-state index in [9.17, 15) is 19.6 Å². The smallest absolute Gasteiger partial charge is 0.293 e. The van der Waals surface area contributed by atoms with Crippen LogP contribution in [0.2, 0.25) is 5.02 Å². The van der Waals surface area contributed by atoms with Crippen LogP contribution in [0, 0.1) is 17.1 Å². The highest BCUT2D eigenvalue weighted by Gasteiger charge is 2.41. The molecule has 1 atom stereocenters. The summed E-state index contributed by atoms with van der Waals surface area (Å²) in [5.74, 6) is -1.49. The lowest BCUT2D eigenvalue weighted by Gasteiger charge is -2.26. The maximum absolute atomic E-state index is 14.3. The van der Waals surface area contributed by atoms with Crippen LogP contribution in [0.4, 0.5) is 4.39 Å². The quantitative estimate of drug-likeness (QED) is 0.606. The molecule has 3 rings (SSSR count). The second-order valence-corrected chi connectivity index (χ2v) is 6.29. The van der Waals surface area contributed by atoms with Crippen molar-refractivity contribution >= 4 is 17.5 Å². The van der Waals surface area contributed by atoms with Crippen LogP contribution in [0.25, 0.3) is 0 Å². The van der Waals surface area contributed by atoms with Crippen molar-refractivity contribution in [1.82, 2.24) is 4.90 Å². The van der Waals surface area contributed by atoms with E-state index in [0.717, 1.165) is 0 Å². The van der Waals surface area contributed by atoms with E-state index < -0.39 is 17.8 Å². The van der Waals surface area contributed by atoms with Crippen LogP contribution in [0.1, 0.15) is 34.5 Å². The summed E-state index contributed by atoms with van der Waals surface area (Å²) >= 11 is 6.11. The molecule has 2 aromatic carbocycles. The van der Waals surface area contributed by atoms with Gasteiger partial charge in [0.1, 0.15) is 23.5 Å². The lowest BCUT2D eigenvalue weighted by atomic mass is 9.98. The first-order valence-corrected chi connectivity index (χ1v) is 8.66. The monoisotopic (exact) mass is 386 g/mol. The lowest BCUT2D eigenvalue weighted by Crippen LogP contribution is -2.29. The maximum Gasteiger partial charge on any atom is 0.293 e. The van der Waals surface area contributed by atoms with Gasteiger partial charge in [0.25, 0.3) is 11.9 Å². The molecular weight excluding hydrogens is 371 g/mol. The molecule has 0 fully saturated rings. The number of ether oxygens (including phenoxy) is 1. The van der Waals surface area contributed by atoms with Gasteiger partial charge in [0.2, 0.25) is 0 Å². The van der Waals surface area contributed by atoms with E-state index in [2.05, 4.69) is 0 Å². The number of aliphatic hydroxyl groups is 1. The number of aliphatic hydroxyl groups excluding tert-OH is 1. The van der Waals surface area contributed by atoms with Crippen LogP contribution < -0.4 is 0 Å². The van der Waals surface area contributed by atoms with E-state index in [1.807, 2.05) is 6.07 Å². The van der Waals surface area contributed by atoms with Crippen molar-refractivity contribution in [3.05, 3.63) is 81.5 Å². The van der Waals surface area contributed by atoms with Crippen molar-refractivity contribution in [2.75, 3.05) is 6.61 Å². The number of nitrogens with zero attached hydrogens (tertiary/aromatic N) is 2. The van der Waals surface area contributed by atoms with E-state index in [1.54, 1.807) is 31.2 Å². The minimum atomic E-state index is -0.902. The summed E-state index contributed by atoms with van der Waals surface area (Å²) in [4.78, 5) is 14.2. The molecule has 0 spiro atoms. The molecule has 0 radical (unpaired) electrons. The van der Waals surface area contributed by atoms with Crippen molar-refractivity contribution in [3.8, 4) is 6.07 Å². The standard InChI is InChI=1S/C20H16ClFN2O3/c1-2-27-20(26)14(10-23)18-12-6-3-4-7-13(12)19(25)24(18)11-15-16(21)8-5-9-17(15)22/h3-9,18,26H,2,11H2,1H3/b20-14-. The molecule has 0 saturated heterocycles. The Morgan fingerprint density at radius 1 is 1.33 bits per heavy atom. The first-order chi connectivity index (χ1) is 13.0. The summed E-state index contributed by atoms with van der Waals surface area (Å²) < 4.78 is 19.4. The average molecular weight is 387 g/mol. The molecule has 1 amide bonds. The number of nitriles is 1. The molecule has 2 aromatic rings. The number of hydrogen-bond acceptors (Lipinski definition) is 4. The molecular formula is C20H16ClFN2O3. The highest BCUT2D eigenvalue weighted by atomic mass is 35.5. The Kier molecular flexibility index (Phi) is 5.33. The van der Waals surface area contributed by atoms with Crippen molar-refractivity contribution in [1.29, 1.82) is 5.26 Å². The van der Waals surface area contributed by atoms with Crippen LogP contribution in [0.3, 0.4) is 0 Å². The lowest BCUT2D eigenvalue weighted by molar-refractivity contribution is 0.0699. The van der Waals surface area contributed by atoms with Crippen molar-refractivity contribution in [2.24, 2.45) is 0 Å². The van der Waals surface area contributed by atoms with Gasteiger partial charge in [0.15, 0.2) is 0 Å². The summed E-state index contributed by atoms with van der Waals surface area (Å²) in [5.41, 5.74) is 0.936. The van der Waals surface area contributed by atoms with Gasteiger partial charge in [0.05, 0.1) is 13.2 Å². The fourth-order valence-electron chi connectivity index (χ4n) is 3.14. The number of rotatable bonds is 5. The largest absolute Gasteiger partial charge is 0.480 e. The summed E-state index contributed by atoms with van der Waals surface area (Å²) in [7, 11) is 0. The van der Waals surface area contributed by atoms with Crippen LogP contribution in [0.5, 0.6) is 0 Å². The number of amides is 1. The third-order valence-electron chi connectivity index (χ3n) is 4.35. The zero-order valence-electron chi connectivity index (χ0n) is 14.4. The molecule has 1 unspecified atom stereocenters. The van der Waals surface area contributed by atoms with Crippen LogP contribution in [0.15, 0.2) is 54.0 Å². The van der Waals surface area contributed by atoms with Crippen LogP contribution in [-0.4, -0.2) is 22.5 Å². The Bertz CT molecular complexity index is 948. The van der Waals surface area contributed by atoms with Crippen LogP contribution >= 0.6 is 11.6 Å². The van der Waals surface area contributed by atoms with Gasteiger partial charge in [-0.1, -0.05) is 35.9 Å². The Balaban J connectivity index is 2.13. The zero-order valence-corrected chi connectivity index (χ0v) is 15.2. The topological polar surface area (TPSA) is 73.6 Å². The summed E-state index contributed by atoms with van der Waals surface area (Å²) in [6.07, 6.45) is 0. The second-order valence-electron chi connectivity index (χ2n) is 5.89. The molecule has 0 aromatic heterocycles. The summed E-state index contributed by atoms with van der Waals surface area (Å²) in [6.45, 7) is 1.66. The number of benzene rings is 2. The molecule has 1 N–H and O–H groups in total. The van der Waals surface area contributed by atoms with Crippen LogP contribution in [-0.2, 0) is 11.3 Å². The predicted molar refractivity (Wildman–Crippen MR) is 97.4 cm³/mol. The van der Waals surface area contributed by atoms with Gasteiger partial charge in [-0.25, -0.2) is 4.39 Å². The fraction of sp³-hybridized carbons (Fsp3) is 0.200. The SMILES string of the molecule is CCO/C(O)=C(/C#N)C1c2ccccc2C(=O)N1Cc1c(F)cccc1Cl. The fourth-order valence-corrected chi connectivity index (χ4v) is 3.36. The minimum absolute atomic E-state index is 0.123. The molecule has 5 nitrogen and oxygen atoms in total. The van der Waals surface area contributed by atoms with Gasteiger partial charge in [-0.15, -0.1) is 0 Å². The molecule has 1 aliphatic heterocycles. The van der Waals surface area contributed by atoms with E-state index in [1.165, 1.54) is 23.1 Å². The van der Waals surface area contributed by atoms with E-state index in [0.29, 0.717) is 11.1 Å².